The van der Waals surface area contributed by atoms with Gasteiger partial charge in [-0.25, -0.2) is 0 Å². The van der Waals surface area contributed by atoms with Crippen LogP contribution >= 0.6 is 24.0 Å². The predicted octanol–water partition coefficient (Wildman–Crippen LogP) is 2.47. The number of carbonyl (C=O) groups excluding carboxylic acids is 1. The van der Waals surface area contributed by atoms with Gasteiger partial charge in [-0.2, -0.15) is 0 Å². The Morgan fingerprint density at radius 1 is 1.36 bits per heavy atom. The number of para-hydroxylation sites is 1. The Labute approximate surface area is 141 Å². The Kier molecular flexibility index (Phi) is 6.99. The van der Waals surface area contributed by atoms with Gasteiger partial charge in [-0.1, -0.05) is 42.2 Å². The van der Waals surface area contributed by atoms with Crippen LogP contribution in [0.1, 0.15) is 18.4 Å². The Balaban J connectivity index is 1.66. The highest BCUT2D eigenvalue weighted by molar-refractivity contribution is 8.23. The third-order valence-electron chi connectivity index (χ3n) is 3.60. The van der Waals surface area contributed by atoms with Crippen LogP contribution in [0.15, 0.2) is 24.3 Å². The summed E-state index contributed by atoms with van der Waals surface area (Å²) in [5.41, 5.74) is 1.10. The number of amides is 1. The van der Waals surface area contributed by atoms with Crippen molar-refractivity contribution < 1.29 is 9.53 Å². The van der Waals surface area contributed by atoms with Crippen LogP contribution in [0.3, 0.4) is 0 Å². The normalized spacial score (nSPS) is 14.0. The Morgan fingerprint density at radius 2 is 2.09 bits per heavy atom. The number of thioether (sulfide) groups is 1. The molecule has 0 radical (unpaired) electrons. The maximum atomic E-state index is 11.9. The van der Waals surface area contributed by atoms with E-state index >= 15 is 0 Å². The summed E-state index contributed by atoms with van der Waals surface area (Å²) >= 11 is 6.80. The van der Waals surface area contributed by atoms with Crippen molar-refractivity contribution >= 4 is 34.2 Å². The number of rotatable bonds is 6. The number of thiocarbonyl (C=S) groups is 1. The van der Waals surface area contributed by atoms with Crippen LogP contribution in [0, 0.1) is 0 Å². The van der Waals surface area contributed by atoms with Crippen molar-refractivity contribution in [2.45, 2.75) is 19.3 Å². The molecular weight excluding hydrogens is 316 g/mol. The number of hydrogen-bond donors (Lipinski definition) is 1. The van der Waals surface area contributed by atoms with Crippen molar-refractivity contribution in [1.29, 1.82) is 0 Å². The molecule has 1 heterocycles. The van der Waals surface area contributed by atoms with Crippen molar-refractivity contribution in [3.05, 3.63) is 29.8 Å². The van der Waals surface area contributed by atoms with Gasteiger partial charge in [-0.15, -0.1) is 0 Å². The van der Waals surface area contributed by atoms with Crippen molar-refractivity contribution in [2.75, 3.05) is 32.5 Å². The Hall–Kier alpha value is -1.27. The minimum Gasteiger partial charge on any atom is -0.496 e. The van der Waals surface area contributed by atoms with Gasteiger partial charge < -0.3 is 15.0 Å². The van der Waals surface area contributed by atoms with Crippen molar-refractivity contribution in [3.8, 4) is 5.75 Å². The molecule has 0 spiro atoms. The summed E-state index contributed by atoms with van der Waals surface area (Å²) in [7, 11) is 1.66. The molecule has 0 bridgehead atoms. The van der Waals surface area contributed by atoms with E-state index < -0.39 is 0 Å². The maximum absolute atomic E-state index is 11.9. The topological polar surface area (TPSA) is 41.6 Å². The number of hydrogen-bond acceptors (Lipinski definition) is 4. The molecule has 2 rings (SSSR count). The predicted molar refractivity (Wildman–Crippen MR) is 95.6 cm³/mol. The number of nitrogens with zero attached hydrogens (tertiary/aromatic N) is 1. The van der Waals surface area contributed by atoms with Crippen LogP contribution in [0.4, 0.5) is 0 Å². The van der Waals surface area contributed by atoms with Gasteiger partial charge in [0.25, 0.3) is 0 Å². The fourth-order valence-corrected chi connectivity index (χ4v) is 3.50. The average molecular weight is 338 g/mol. The van der Waals surface area contributed by atoms with E-state index in [1.165, 1.54) is 24.6 Å². The molecule has 0 saturated carbocycles. The quantitative estimate of drug-likeness (QED) is 0.807. The SMILES string of the molecule is COc1ccccc1CCNC(=O)CSC(=S)N1CCCC1. The van der Waals surface area contributed by atoms with Gasteiger partial charge >= 0.3 is 0 Å². The molecule has 1 aliphatic heterocycles. The van der Waals surface area contributed by atoms with E-state index in [0.29, 0.717) is 12.3 Å². The molecule has 0 aliphatic carbocycles. The third kappa shape index (κ3) is 5.18. The van der Waals surface area contributed by atoms with Crippen LogP contribution in [0.5, 0.6) is 5.75 Å². The van der Waals surface area contributed by atoms with E-state index in [2.05, 4.69) is 10.2 Å². The zero-order valence-corrected chi connectivity index (χ0v) is 14.5. The first-order valence-corrected chi connectivity index (χ1v) is 8.90. The molecular formula is C16H22N2O2S2. The number of methoxy groups -OCH3 is 1. The van der Waals surface area contributed by atoms with Crippen molar-refractivity contribution in [1.82, 2.24) is 10.2 Å². The molecule has 4 nitrogen and oxygen atoms in total. The lowest BCUT2D eigenvalue weighted by Gasteiger charge is -2.17. The maximum Gasteiger partial charge on any atom is 0.230 e. The highest BCUT2D eigenvalue weighted by Crippen LogP contribution is 2.17. The summed E-state index contributed by atoms with van der Waals surface area (Å²) in [4.78, 5) is 14.0. The van der Waals surface area contributed by atoms with E-state index in [1.807, 2.05) is 24.3 Å². The second-order valence-electron chi connectivity index (χ2n) is 5.16. The van der Waals surface area contributed by atoms with Crippen LogP contribution < -0.4 is 10.1 Å². The fourth-order valence-electron chi connectivity index (χ4n) is 2.42. The first-order chi connectivity index (χ1) is 10.7. The summed E-state index contributed by atoms with van der Waals surface area (Å²) in [5.74, 6) is 1.28. The van der Waals surface area contributed by atoms with Crippen molar-refractivity contribution in [2.24, 2.45) is 0 Å². The molecule has 1 saturated heterocycles. The summed E-state index contributed by atoms with van der Waals surface area (Å²) in [6.45, 7) is 2.67. The molecule has 1 aliphatic rings. The zero-order valence-electron chi connectivity index (χ0n) is 12.8. The molecule has 1 N–H and O–H groups in total. The fraction of sp³-hybridized carbons (Fsp3) is 0.500. The van der Waals surface area contributed by atoms with E-state index in [4.69, 9.17) is 17.0 Å². The zero-order chi connectivity index (χ0) is 15.8. The molecule has 0 unspecified atom stereocenters. The second-order valence-corrected chi connectivity index (χ2v) is 6.77. The van der Waals surface area contributed by atoms with E-state index in [-0.39, 0.29) is 5.91 Å². The van der Waals surface area contributed by atoms with Crippen LogP contribution in [-0.2, 0) is 11.2 Å². The number of nitrogens with one attached hydrogen (secondary N) is 1. The Bertz CT molecular complexity index is 517. The number of carbonyl (C=O) groups is 1. The van der Waals surface area contributed by atoms with Gasteiger partial charge in [0.1, 0.15) is 10.1 Å². The minimum absolute atomic E-state index is 0.0291. The lowest BCUT2D eigenvalue weighted by molar-refractivity contribution is -0.118. The van der Waals surface area contributed by atoms with Gasteiger partial charge in [0.05, 0.1) is 12.9 Å². The van der Waals surface area contributed by atoms with Gasteiger partial charge in [0, 0.05) is 19.6 Å². The summed E-state index contributed by atoms with van der Waals surface area (Å²) in [6.07, 6.45) is 3.16. The largest absolute Gasteiger partial charge is 0.496 e. The standard InChI is InChI=1S/C16H22N2O2S2/c1-20-14-7-3-2-6-13(14)8-9-17-15(19)12-22-16(21)18-10-4-5-11-18/h2-3,6-7H,4-5,8-12H2,1H3,(H,17,19). The molecule has 6 heteroatoms. The number of benzene rings is 1. The van der Waals surface area contributed by atoms with Crippen LogP contribution in [-0.4, -0.2) is 47.6 Å². The molecule has 0 atom stereocenters. The number of ether oxygens (including phenoxy) is 1. The van der Waals surface area contributed by atoms with Gasteiger partial charge in [-0.05, 0) is 30.9 Å². The molecule has 0 aromatic heterocycles. The molecule has 1 aromatic carbocycles. The monoisotopic (exact) mass is 338 g/mol. The minimum atomic E-state index is 0.0291. The highest BCUT2D eigenvalue weighted by atomic mass is 32.2. The smallest absolute Gasteiger partial charge is 0.230 e. The first-order valence-electron chi connectivity index (χ1n) is 7.51. The lowest BCUT2D eigenvalue weighted by atomic mass is 10.1. The summed E-state index contributed by atoms with van der Waals surface area (Å²) < 4.78 is 6.14. The molecule has 1 fully saturated rings. The van der Waals surface area contributed by atoms with E-state index in [1.54, 1.807) is 7.11 Å². The van der Waals surface area contributed by atoms with Crippen molar-refractivity contribution in [3.63, 3.8) is 0 Å². The average Bonchev–Trinajstić information content (AvgIpc) is 3.07. The number of likely N-dealkylation sites (tertiary alicyclic amines) is 1. The highest BCUT2D eigenvalue weighted by Gasteiger charge is 2.16. The second kappa shape index (κ2) is 9.00. The molecule has 1 amide bonds. The summed E-state index contributed by atoms with van der Waals surface area (Å²) in [6, 6.07) is 7.87. The van der Waals surface area contributed by atoms with Gasteiger partial charge in [0.15, 0.2) is 0 Å². The molecule has 120 valence electrons. The van der Waals surface area contributed by atoms with E-state index in [9.17, 15) is 4.79 Å². The molecule has 1 aromatic rings. The van der Waals surface area contributed by atoms with Crippen LogP contribution in [0.25, 0.3) is 0 Å². The lowest BCUT2D eigenvalue weighted by Crippen LogP contribution is -2.30. The summed E-state index contributed by atoms with van der Waals surface area (Å²) in [5, 5.41) is 2.93. The van der Waals surface area contributed by atoms with E-state index in [0.717, 1.165) is 35.1 Å². The van der Waals surface area contributed by atoms with Crippen LogP contribution in [0.2, 0.25) is 0 Å². The Morgan fingerprint density at radius 3 is 2.82 bits per heavy atom. The van der Waals surface area contributed by atoms with Gasteiger partial charge in [-0.3, -0.25) is 4.79 Å². The van der Waals surface area contributed by atoms with Gasteiger partial charge in [0.2, 0.25) is 5.91 Å². The first kappa shape index (κ1) is 17.1. The molecule has 22 heavy (non-hydrogen) atoms. The third-order valence-corrected chi connectivity index (χ3v) is 5.12.